The van der Waals surface area contributed by atoms with Gasteiger partial charge in [-0.3, -0.25) is 4.57 Å². The van der Waals surface area contributed by atoms with E-state index in [9.17, 15) is 4.79 Å². The second-order valence-corrected chi connectivity index (χ2v) is 5.38. The predicted molar refractivity (Wildman–Crippen MR) is 74.4 cm³/mol. The lowest BCUT2D eigenvalue weighted by Crippen LogP contribution is -2.13. The average Bonchev–Trinajstić information content (AvgIpc) is 2.97. The zero-order valence-corrected chi connectivity index (χ0v) is 10.7. The molecular weight excluding hydrogens is 244 g/mol. The highest BCUT2D eigenvalue weighted by molar-refractivity contribution is 7.15. The standard InChI is InChI=1S/C14H12N2OS/c1-10-7-8-13(18-10)12-9-16(14(17)15-12)11-5-3-2-4-6-11/h2-9H,1H3,(H,15,17). The van der Waals surface area contributed by atoms with E-state index < -0.39 is 0 Å². The summed E-state index contributed by atoms with van der Waals surface area (Å²) in [5.41, 5.74) is 1.63. The lowest BCUT2D eigenvalue weighted by molar-refractivity contribution is 0.987. The van der Waals surface area contributed by atoms with Crippen LogP contribution in [0.5, 0.6) is 0 Å². The first kappa shape index (κ1) is 11.0. The fourth-order valence-corrected chi connectivity index (χ4v) is 2.71. The van der Waals surface area contributed by atoms with Crippen molar-refractivity contribution in [2.45, 2.75) is 6.92 Å². The summed E-state index contributed by atoms with van der Waals surface area (Å²) in [7, 11) is 0. The molecule has 2 aromatic heterocycles. The van der Waals surface area contributed by atoms with E-state index in [0.29, 0.717) is 0 Å². The number of imidazole rings is 1. The Labute approximate surface area is 108 Å². The number of nitrogens with zero attached hydrogens (tertiary/aromatic N) is 1. The van der Waals surface area contributed by atoms with Crippen molar-refractivity contribution >= 4 is 11.3 Å². The Morgan fingerprint density at radius 3 is 2.56 bits per heavy atom. The highest BCUT2D eigenvalue weighted by Crippen LogP contribution is 2.25. The number of H-pyrrole nitrogens is 1. The largest absolute Gasteiger partial charge is 0.330 e. The van der Waals surface area contributed by atoms with Crippen molar-refractivity contribution in [1.29, 1.82) is 0 Å². The molecule has 0 amide bonds. The Bertz CT molecular complexity index is 722. The predicted octanol–water partition coefficient (Wildman–Crippen LogP) is 3.20. The molecular formula is C14H12N2OS. The monoisotopic (exact) mass is 256 g/mol. The molecule has 18 heavy (non-hydrogen) atoms. The molecule has 1 N–H and O–H groups in total. The minimum atomic E-state index is -0.109. The van der Waals surface area contributed by atoms with Gasteiger partial charge in [0.15, 0.2) is 0 Å². The molecule has 2 heterocycles. The van der Waals surface area contributed by atoms with Crippen LogP contribution in [0.1, 0.15) is 4.88 Å². The molecule has 90 valence electrons. The third kappa shape index (κ3) is 1.91. The maximum atomic E-state index is 11.9. The fraction of sp³-hybridized carbons (Fsp3) is 0.0714. The summed E-state index contributed by atoms with van der Waals surface area (Å²) in [4.78, 5) is 17.1. The minimum Gasteiger partial charge on any atom is -0.305 e. The Balaban J connectivity index is 2.09. The van der Waals surface area contributed by atoms with Crippen LogP contribution < -0.4 is 5.69 Å². The van der Waals surface area contributed by atoms with Crippen LogP contribution in [0.2, 0.25) is 0 Å². The van der Waals surface area contributed by atoms with Gasteiger partial charge in [-0.2, -0.15) is 0 Å². The lowest BCUT2D eigenvalue weighted by Gasteiger charge is -1.98. The van der Waals surface area contributed by atoms with Crippen LogP contribution in [-0.2, 0) is 0 Å². The number of para-hydroxylation sites is 1. The summed E-state index contributed by atoms with van der Waals surface area (Å²) >= 11 is 1.67. The van der Waals surface area contributed by atoms with E-state index in [0.717, 1.165) is 16.3 Å². The quantitative estimate of drug-likeness (QED) is 0.751. The van der Waals surface area contributed by atoms with Crippen LogP contribution in [0.3, 0.4) is 0 Å². The van der Waals surface area contributed by atoms with Crippen molar-refractivity contribution < 1.29 is 0 Å². The molecule has 3 rings (SSSR count). The second-order valence-electron chi connectivity index (χ2n) is 4.09. The number of rotatable bonds is 2. The number of hydrogen-bond acceptors (Lipinski definition) is 2. The third-order valence-electron chi connectivity index (χ3n) is 2.76. The Kier molecular flexibility index (Phi) is 2.64. The Morgan fingerprint density at radius 1 is 1.11 bits per heavy atom. The molecule has 0 saturated carbocycles. The van der Waals surface area contributed by atoms with Gasteiger partial charge >= 0.3 is 5.69 Å². The zero-order valence-electron chi connectivity index (χ0n) is 9.88. The molecule has 3 nitrogen and oxygen atoms in total. The zero-order chi connectivity index (χ0) is 12.5. The first-order chi connectivity index (χ1) is 8.74. The van der Waals surface area contributed by atoms with E-state index in [1.54, 1.807) is 15.9 Å². The minimum absolute atomic E-state index is 0.109. The van der Waals surface area contributed by atoms with E-state index in [2.05, 4.69) is 18.0 Å². The van der Waals surface area contributed by atoms with Gasteiger partial charge in [0.1, 0.15) is 0 Å². The Morgan fingerprint density at radius 2 is 1.89 bits per heavy atom. The molecule has 0 bridgehead atoms. The maximum absolute atomic E-state index is 11.9. The molecule has 0 unspecified atom stereocenters. The molecule has 0 radical (unpaired) electrons. The summed E-state index contributed by atoms with van der Waals surface area (Å²) < 4.78 is 1.63. The molecule has 4 heteroatoms. The topological polar surface area (TPSA) is 37.8 Å². The van der Waals surface area contributed by atoms with Gasteiger partial charge in [0.25, 0.3) is 0 Å². The number of aromatic amines is 1. The number of hydrogen-bond donors (Lipinski definition) is 1. The van der Waals surface area contributed by atoms with Crippen LogP contribution in [0.15, 0.2) is 53.5 Å². The van der Waals surface area contributed by atoms with Crippen LogP contribution >= 0.6 is 11.3 Å². The van der Waals surface area contributed by atoms with Crippen LogP contribution in [0, 0.1) is 6.92 Å². The van der Waals surface area contributed by atoms with Crippen molar-refractivity contribution in [2.24, 2.45) is 0 Å². The lowest BCUT2D eigenvalue weighted by atomic mass is 10.3. The average molecular weight is 256 g/mol. The normalized spacial score (nSPS) is 10.7. The van der Waals surface area contributed by atoms with Crippen molar-refractivity contribution in [3.63, 3.8) is 0 Å². The summed E-state index contributed by atoms with van der Waals surface area (Å²) in [5, 5.41) is 0. The van der Waals surface area contributed by atoms with Gasteiger partial charge in [-0.05, 0) is 31.2 Å². The van der Waals surface area contributed by atoms with Gasteiger partial charge in [0.2, 0.25) is 0 Å². The van der Waals surface area contributed by atoms with Crippen molar-refractivity contribution in [2.75, 3.05) is 0 Å². The van der Waals surface area contributed by atoms with Crippen molar-refractivity contribution in [3.05, 3.63) is 64.0 Å². The Hall–Kier alpha value is -2.07. The third-order valence-corrected chi connectivity index (χ3v) is 3.79. The first-order valence-corrected chi connectivity index (χ1v) is 6.49. The van der Waals surface area contributed by atoms with Gasteiger partial charge in [0.05, 0.1) is 16.3 Å². The molecule has 0 spiro atoms. The SMILES string of the molecule is Cc1ccc(-c2cn(-c3ccccc3)c(=O)[nH]2)s1. The van der Waals surface area contributed by atoms with Crippen LogP contribution in [0.4, 0.5) is 0 Å². The van der Waals surface area contributed by atoms with Crippen LogP contribution in [-0.4, -0.2) is 9.55 Å². The van der Waals surface area contributed by atoms with Gasteiger partial charge in [-0.1, -0.05) is 18.2 Å². The second kappa shape index (κ2) is 4.31. The molecule has 1 aromatic carbocycles. The number of nitrogens with one attached hydrogen (secondary N) is 1. The van der Waals surface area contributed by atoms with Crippen molar-refractivity contribution in [1.82, 2.24) is 9.55 Å². The highest BCUT2D eigenvalue weighted by Gasteiger charge is 2.07. The van der Waals surface area contributed by atoms with Gasteiger partial charge in [0, 0.05) is 11.1 Å². The molecule has 0 atom stereocenters. The van der Waals surface area contributed by atoms with Gasteiger partial charge < -0.3 is 4.98 Å². The van der Waals surface area contributed by atoms with Crippen molar-refractivity contribution in [3.8, 4) is 16.3 Å². The van der Waals surface area contributed by atoms with E-state index >= 15 is 0 Å². The maximum Gasteiger partial charge on any atom is 0.330 e. The molecule has 0 saturated heterocycles. The fourth-order valence-electron chi connectivity index (χ4n) is 1.88. The number of aryl methyl sites for hydroxylation is 1. The summed E-state index contributed by atoms with van der Waals surface area (Å²) in [6, 6.07) is 13.7. The van der Waals surface area contributed by atoms with Gasteiger partial charge in [-0.25, -0.2) is 4.79 Å². The number of aromatic nitrogens is 2. The van der Waals surface area contributed by atoms with E-state index in [1.807, 2.05) is 42.6 Å². The summed E-state index contributed by atoms with van der Waals surface area (Å²) in [6.45, 7) is 2.06. The highest BCUT2D eigenvalue weighted by atomic mass is 32.1. The first-order valence-electron chi connectivity index (χ1n) is 5.68. The number of benzene rings is 1. The molecule has 0 aliphatic heterocycles. The smallest absolute Gasteiger partial charge is 0.305 e. The van der Waals surface area contributed by atoms with E-state index in [1.165, 1.54) is 4.88 Å². The van der Waals surface area contributed by atoms with E-state index in [-0.39, 0.29) is 5.69 Å². The molecule has 0 aliphatic carbocycles. The van der Waals surface area contributed by atoms with Crippen LogP contribution in [0.25, 0.3) is 16.3 Å². The number of thiophene rings is 1. The van der Waals surface area contributed by atoms with Gasteiger partial charge in [-0.15, -0.1) is 11.3 Å². The molecule has 0 aliphatic rings. The molecule has 0 fully saturated rings. The van der Waals surface area contributed by atoms with E-state index in [4.69, 9.17) is 0 Å². The summed E-state index contributed by atoms with van der Waals surface area (Å²) in [6.07, 6.45) is 1.85. The summed E-state index contributed by atoms with van der Waals surface area (Å²) in [5.74, 6) is 0. The molecule has 3 aromatic rings.